The van der Waals surface area contributed by atoms with Crippen LogP contribution in [0.4, 0.5) is 0 Å². The van der Waals surface area contributed by atoms with E-state index in [9.17, 15) is 16.8 Å². The maximum Gasteiger partial charge on any atom is 0.183 e. The lowest BCUT2D eigenvalue weighted by atomic mass is 10.2. The van der Waals surface area contributed by atoms with Crippen LogP contribution in [0.2, 0.25) is 0 Å². The molecule has 0 saturated carbocycles. The van der Waals surface area contributed by atoms with Crippen molar-refractivity contribution in [3.8, 4) is 5.75 Å². The smallest absolute Gasteiger partial charge is 0.183 e. The second kappa shape index (κ2) is 9.08. The Kier molecular flexibility index (Phi) is 6.98. The molecule has 3 rings (SSSR count). The lowest BCUT2D eigenvalue weighted by Crippen LogP contribution is -2.47. The van der Waals surface area contributed by atoms with E-state index in [1.807, 2.05) is 6.92 Å². The number of rotatable bonds is 8. The molecule has 28 heavy (non-hydrogen) atoms. The molecule has 0 spiro atoms. The number of nitrogens with one attached hydrogen (secondary N) is 1. The Morgan fingerprint density at radius 2 is 1.86 bits per heavy atom. The molecule has 0 unspecified atom stereocenters. The number of hydrogen-bond donors (Lipinski definition) is 1. The summed E-state index contributed by atoms with van der Waals surface area (Å²) in [5, 5.41) is 2.19. The largest absolute Gasteiger partial charge is 0.494 e. The van der Waals surface area contributed by atoms with E-state index < -0.39 is 31.0 Å². The van der Waals surface area contributed by atoms with Gasteiger partial charge in [0.2, 0.25) is 0 Å². The van der Waals surface area contributed by atoms with Gasteiger partial charge in [0.25, 0.3) is 0 Å². The first-order valence-corrected chi connectivity index (χ1v) is 12.9. The number of morpholine rings is 1. The molecule has 2 aliphatic rings. The van der Waals surface area contributed by atoms with Crippen LogP contribution in [0.15, 0.2) is 29.2 Å². The molecule has 2 fully saturated rings. The van der Waals surface area contributed by atoms with Gasteiger partial charge in [-0.3, -0.25) is 4.90 Å². The van der Waals surface area contributed by atoms with Gasteiger partial charge in [0.15, 0.2) is 19.7 Å². The Bertz CT molecular complexity index is 849. The minimum atomic E-state index is -3.78. The average molecular weight is 433 g/mol. The van der Waals surface area contributed by atoms with Crippen LogP contribution in [-0.4, -0.2) is 90.5 Å². The topological polar surface area (TPSA) is 102 Å². The van der Waals surface area contributed by atoms with Gasteiger partial charge < -0.3 is 14.8 Å². The molecule has 0 amide bonds. The Morgan fingerprint density at radius 3 is 2.50 bits per heavy atom. The van der Waals surface area contributed by atoms with Crippen LogP contribution >= 0.6 is 0 Å². The summed E-state index contributed by atoms with van der Waals surface area (Å²) in [4.78, 5) is 2.34. The fourth-order valence-corrected chi connectivity index (χ4v) is 8.33. The first-order valence-electron chi connectivity index (χ1n) is 9.52. The Labute approximate surface area is 167 Å². The Balaban J connectivity index is 1.69. The van der Waals surface area contributed by atoms with Crippen LogP contribution in [0.1, 0.15) is 6.92 Å². The minimum absolute atomic E-state index is 0.123. The van der Waals surface area contributed by atoms with E-state index in [-0.39, 0.29) is 16.4 Å². The maximum atomic E-state index is 13.1. The van der Waals surface area contributed by atoms with E-state index in [0.29, 0.717) is 32.1 Å². The molecular formula is C18H28N2O6S2. The molecule has 1 aromatic carbocycles. The Hall–Kier alpha value is -1.20. The van der Waals surface area contributed by atoms with Crippen molar-refractivity contribution in [1.29, 1.82) is 0 Å². The van der Waals surface area contributed by atoms with Crippen LogP contribution in [0.5, 0.6) is 5.75 Å². The van der Waals surface area contributed by atoms with Crippen molar-refractivity contribution in [2.75, 3.05) is 57.5 Å². The lowest BCUT2D eigenvalue weighted by molar-refractivity contribution is 0.0382. The van der Waals surface area contributed by atoms with Crippen molar-refractivity contribution in [2.24, 2.45) is 0 Å². The summed E-state index contributed by atoms with van der Waals surface area (Å²) in [7, 11) is -7.18. The Morgan fingerprint density at radius 1 is 1.18 bits per heavy atom. The average Bonchev–Trinajstić information content (AvgIpc) is 2.99. The highest BCUT2D eigenvalue weighted by Crippen LogP contribution is 2.27. The minimum Gasteiger partial charge on any atom is -0.494 e. The highest BCUT2D eigenvalue weighted by molar-refractivity contribution is 7.96. The van der Waals surface area contributed by atoms with Crippen LogP contribution in [-0.2, 0) is 24.4 Å². The summed E-state index contributed by atoms with van der Waals surface area (Å²) in [6, 6.07) is 5.55. The van der Waals surface area contributed by atoms with Crippen molar-refractivity contribution in [2.45, 2.75) is 23.1 Å². The number of benzene rings is 1. The van der Waals surface area contributed by atoms with Crippen LogP contribution in [0.25, 0.3) is 0 Å². The zero-order valence-electron chi connectivity index (χ0n) is 16.0. The second-order valence-electron chi connectivity index (χ2n) is 7.08. The van der Waals surface area contributed by atoms with Crippen molar-refractivity contribution in [1.82, 2.24) is 10.2 Å². The van der Waals surface area contributed by atoms with Gasteiger partial charge in [-0.1, -0.05) is 0 Å². The van der Waals surface area contributed by atoms with Gasteiger partial charge in [-0.25, -0.2) is 16.8 Å². The van der Waals surface area contributed by atoms with Gasteiger partial charge in [-0.15, -0.1) is 0 Å². The normalized spacial score (nSPS) is 25.6. The third-order valence-corrected chi connectivity index (χ3v) is 9.27. The summed E-state index contributed by atoms with van der Waals surface area (Å²) >= 11 is 0. The van der Waals surface area contributed by atoms with Crippen molar-refractivity contribution in [3.05, 3.63) is 24.3 Å². The fourth-order valence-electron chi connectivity index (χ4n) is 3.61. The molecule has 8 nitrogen and oxygen atoms in total. The highest BCUT2D eigenvalue weighted by Gasteiger charge is 2.45. The van der Waals surface area contributed by atoms with Gasteiger partial charge in [0.1, 0.15) is 5.75 Å². The predicted octanol–water partition coefficient (Wildman–Crippen LogP) is -0.0536. The van der Waals surface area contributed by atoms with Crippen LogP contribution in [0.3, 0.4) is 0 Å². The van der Waals surface area contributed by atoms with Crippen LogP contribution < -0.4 is 10.1 Å². The third kappa shape index (κ3) is 5.24. The summed E-state index contributed by atoms with van der Waals surface area (Å²) in [5.41, 5.74) is 0. The fraction of sp³-hybridized carbons (Fsp3) is 0.667. The lowest BCUT2D eigenvalue weighted by Gasteiger charge is -2.27. The van der Waals surface area contributed by atoms with Gasteiger partial charge in [-0.2, -0.15) is 0 Å². The predicted molar refractivity (Wildman–Crippen MR) is 106 cm³/mol. The molecule has 0 aromatic heterocycles. The summed E-state index contributed by atoms with van der Waals surface area (Å²) in [6.07, 6.45) is 0. The molecule has 0 aliphatic carbocycles. The van der Waals surface area contributed by atoms with E-state index in [1.54, 1.807) is 12.1 Å². The highest BCUT2D eigenvalue weighted by atomic mass is 32.2. The molecule has 1 N–H and O–H groups in total. The van der Waals surface area contributed by atoms with E-state index in [1.165, 1.54) is 12.1 Å². The SMILES string of the molecule is CCOc1ccc(S(=O)(=O)[C@H]2CS(=O)(=O)C[C@@H]2NCCN2CCOCC2)cc1. The molecule has 2 heterocycles. The first-order chi connectivity index (χ1) is 13.3. The number of sulfone groups is 2. The quantitative estimate of drug-likeness (QED) is 0.610. The molecule has 158 valence electrons. The van der Waals surface area contributed by atoms with Crippen molar-refractivity contribution in [3.63, 3.8) is 0 Å². The standard InChI is InChI=1S/C18H28N2O6S2/c1-2-26-15-3-5-16(6-4-15)28(23,24)18-14-27(21,22)13-17(18)19-7-8-20-9-11-25-12-10-20/h3-6,17-19H,2,7-14H2,1H3/t17-,18-/m0/s1. The van der Waals surface area contributed by atoms with E-state index >= 15 is 0 Å². The molecule has 2 atom stereocenters. The molecule has 10 heteroatoms. The second-order valence-corrected chi connectivity index (χ2v) is 11.4. The molecule has 2 aliphatic heterocycles. The number of nitrogens with zero attached hydrogens (tertiary/aromatic N) is 1. The third-order valence-electron chi connectivity index (χ3n) is 5.10. The molecule has 0 radical (unpaired) electrons. The van der Waals surface area contributed by atoms with E-state index in [0.717, 1.165) is 19.6 Å². The van der Waals surface area contributed by atoms with Crippen molar-refractivity contribution < 1.29 is 26.3 Å². The molecule has 2 saturated heterocycles. The van der Waals surface area contributed by atoms with E-state index in [4.69, 9.17) is 9.47 Å². The molecular weight excluding hydrogens is 404 g/mol. The molecule has 0 bridgehead atoms. The summed E-state index contributed by atoms with van der Waals surface area (Å²) in [6.45, 7) is 6.64. The van der Waals surface area contributed by atoms with Crippen molar-refractivity contribution >= 4 is 19.7 Å². The monoisotopic (exact) mass is 432 g/mol. The van der Waals surface area contributed by atoms with E-state index in [2.05, 4.69) is 10.2 Å². The maximum absolute atomic E-state index is 13.1. The number of hydrogen-bond acceptors (Lipinski definition) is 8. The summed E-state index contributed by atoms with van der Waals surface area (Å²) in [5.74, 6) is 0.0788. The number of ether oxygens (including phenoxy) is 2. The van der Waals surface area contributed by atoms with Gasteiger partial charge in [-0.05, 0) is 31.2 Å². The van der Waals surface area contributed by atoms with Gasteiger partial charge in [0, 0.05) is 32.2 Å². The zero-order chi connectivity index (χ0) is 20.2. The van der Waals surface area contributed by atoms with Crippen LogP contribution in [0, 0.1) is 0 Å². The van der Waals surface area contributed by atoms with Gasteiger partial charge >= 0.3 is 0 Å². The zero-order valence-corrected chi connectivity index (χ0v) is 17.7. The summed E-state index contributed by atoms with van der Waals surface area (Å²) < 4.78 is 61.2. The first kappa shape index (κ1) is 21.5. The molecule has 1 aromatic rings. The van der Waals surface area contributed by atoms with Gasteiger partial charge in [0.05, 0.1) is 41.5 Å².